The van der Waals surface area contributed by atoms with Gasteiger partial charge in [-0.15, -0.1) is 0 Å². The van der Waals surface area contributed by atoms with Gasteiger partial charge in [0, 0.05) is 0 Å². The van der Waals surface area contributed by atoms with Gasteiger partial charge >= 0.3 is 11.9 Å². The Morgan fingerprint density at radius 2 is 0.941 bits per heavy atom. The lowest BCUT2D eigenvalue weighted by atomic mass is 10.1. The van der Waals surface area contributed by atoms with Crippen molar-refractivity contribution in [3.8, 4) is 0 Å². The van der Waals surface area contributed by atoms with E-state index in [9.17, 15) is 9.59 Å². The third kappa shape index (κ3) is 2.58. The van der Waals surface area contributed by atoms with Crippen molar-refractivity contribution in [3.05, 3.63) is 71.8 Å². The predicted octanol–water partition coefficient (Wildman–Crippen LogP) is 2.68. The van der Waals surface area contributed by atoms with Crippen molar-refractivity contribution >= 4 is 11.9 Å². The van der Waals surface area contributed by atoms with Crippen molar-refractivity contribution in [3.63, 3.8) is 0 Å². The quantitative estimate of drug-likeness (QED) is 0.512. The van der Waals surface area contributed by atoms with E-state index in [1.807, 2.05) is 36.4 Å². The highest BCUT2D eigenvalue weighted by Gasteiger charge is 2.28. The molecular weight excluding hydrogens is 216 g/mol. The number of ether oxygens (including phenoxy) is 1. The molecule has 3 heteroatoms. The Labute approximate surface area is 98.7 Å². The summed E-state index contributed by atoms with van der Waals surface area (Å²) in [6.45, 7) is 0. The van der Waals surface area contributed by atoms with E-state index in [1.54, 1.807) is 24.3 Å². The molecule has 2 aromatic carbocycles. The van der Waals surface area contributed by atoms with E-state index < -0.39 is 11.9 Å². The summed E-state index contributed by atoms with van der Waals surface area (Å²) < 4.78 is 4.35. The number of hydrogen-bond acceptors (Lipinski definition) is 3. The molecule has 0 bridgehead atoms. The molecule has 0 aromatic heterocycles. The van der Waals surface area contributed by atoms with Gasteiger partial charge in [-0.2, -0.15) is 0 Å². The van der Waals surface area contributed by atoms with Gasteiger partial charge in [-0.25, -0.2) is 9.59 Å². The van der Waals surface area contributed by atoms with E-state index in [2.05, 4.69) is 4.74 Å². The lowest BCUT2D eigenvalue weighted by Gasteiger charge is -1.86. The molecular formula is C14H10O3. The maximum Gasteiger partial charge on any atom is 0.346 e. The van der Waals surface area contributed by atoms with E-state index in [4.69, 9.17) is 0 Å². The summed E-state index contributed by atoms with van der Waals surface area (Å²) in [6, 6.07) is 18.5. The normalized spacial score (nSPS) is 12.2. The second kappa shape index (κ2) is 5.07. The molecule has 84 valence electrons. The van der Waals surface area contributed by atoms with Crippen LogP contribution in [0.1, 0.15) is 20.7 Å². The van der Waals surface area contributed by atoms with E-state index in [1.165, 1.54) is 0 Å². The largest absolute Gasteiger partial charge is 0.386 e. The van der Waals surface area contributed by atoms with Gasteiger partial charge in [-0.1, -0.05) is 48.5 Å². The average molecular weight is 226 g/mol. The van der Waals surface area contributed by atoms with Gasteiger partial charge in [0.15, 0.2) is 0 Å². The SMILES string of the molecule is O=C1OC(=O)c2ccccc21.c1ccccc1. The fourth-order valence-corrected chi connectivity index (χ4v) is 1.42. The lowest BCUT2D eigenvalue weighted by molar-refractivity contribution is 0.0444. The zero-order chi connectivity index (χ0) is 12.1. The molecule has 0 atom stereocenters. The first kappa shape index (κ1) is 11.1. The third-order valence-electron chi connectivity index (χ3n) is 2.22. The minimum Gasteiger partial charge on any atom is -0.386 e. The molecule has 3 nitrogen and oxygen atoms in total. The Kier molecular flexibility index (Phi) is 3.31. The van der Waals surface area contributed by atoms with Crippen molar-refractivity contribution in [2.24, 2.45) is 0 Å². The number of benzene rings is 2. The number of rotatable bonds is 0. The number of hydrogen-bond donors (Lipinski definition) is 0. The van der Waals surface area contributed by atoms with Crippen LogP contribution in [0.15, 0.2) is 60.7 Å². The second-order valence-corrected chi connectivity index (χ2v) is 3.38. The molecule has 0 amide bonds. The fraction of sp³-hybridized carbons (Fsp3) is 0. The minimum absolute atomic E-state index is 0.359. The zero-order valence-corrected chi connectivity index (χ0v) is 9.00. The highest BCUT2D eigenvalue weighted by atomic mass is 16.6. The van der Waals surface area contributed by atoms with Gasteiger partial charge in [0.2, 0.25) is 0 Å². The molecule has 2 aromatic rings. The van der Waals surface area contributed by atoms with Crippen LogP contribution in [0.3, 0.4) is 0 Å². The standard InChI is InChI=1S/C8H4O3.C6H6/c9-7-5-3-1-2-4-6(5)8(10)11-7;1-2-4-6-5-3-1/h1-4H;1-6H. The molecule has 17 heavy (non-hydrogen) atoms. The van der Waals surface area contributed by atoms with Crippen molar-refractivity contribution < 1.29 is 14.3 Å². The Bertz CT molecular complexity index is 472. The number of esters is 2. The summed E-state index contributed by atoms with van der Waals surface area (Å²) in [4.78, 5) is 21.7. The molecule has 0 unspecified atom stereocenters. The monoisotopic (exact) mass is 226 g/mol. The lowest BCUT2D eigenvalue weighted by Crippen LogP contribution is -1.96. The van der Waals surface area contributed by atoms with Crippen LogP contribution in [0.4, 0.5) is 0 Å². The summed E-state index contributed by atoms with van der Waals surface area (Å²) in [7, 11) is 0. The molecule has 0 saturated carbocycles. The number of carbonyl (C=O) groups excluding carboxylic acids is 2. The van der Waals surface area contributed by atoms with Gasteiger partial charge in [-0.3, -0.25) is 0 Å². The van der Waals surface area contributed by atoms with Crippen LogP contribution in [0, 0.1) is 0 Å². The number of carbonyl (C=O) groups is 2. The van der Waals surface area contributed by atoms with Crippen LogP contribution in [0.25, 0.3) is 0 Å². The minimum atomic E-state index is -0.550. The van der Waals surface area contributed by atoms with Gasteiger partial charge in [0.25, 0.3) is 0 Å². The molecule has 3 rings (SSSR count). The van der Waals surface area contributed by atoms with E-state index in [0.29, 0.717) is 11.1 Å². The van der Waals surface area contributed by atoms with Crippen LogP contribution in [-0.4, -0.2) is 11.9 Å². The number of cyclic esters (lactones) is 2. The first-order chi connectivity index (χ1) is 8.29. The molecule has 0 radical (unpaired) electrons. The molecule has 0 N–H and O–H groups in total. The van der Waals surface area contributed by atoms with E-state index in [0.717, 1.165) is 0 Å². The first-order valence-corrected chi connectivity index (χ1v) is 5.14. The van der Waals surface area contributed by atoms with Crippen LogP contribution >= 0.6 is 0 Å². The Balaban J connectivity index is 0.000000153. The van der Waals surface area contributed by atoms with Gasteiger partial charge in [0.05, 0.1) is 11.1 Å². The second-order valence-electron chi connectivity index (χ2n) is 3.38. The van der Waals surface area contributed by atoms with Gasteiger partial charge in [0.1, 0.15) is 0 Å². The van der Waals surface area contributed by atoms with Crippen LogP contribution in [0.2, 0.25) is 0 Å². The van der Waals surface area contributed by atoms with Crippen molar-refractivity contribution in [2.45, 2.75) is 0 Å². The summed E-state index contributed by atoms with van der Waals surface area (Å²) in [6.07, 6.45) is 0. The Morgan fingerprint density at radius 3 is 1.29 bits per heavy atom. The fourth-order valence-electron chi connectivity index (χ4n) is 1.42. The van der Waals surface area contributed by atoms with Crippen LogP contribution in [0.5, 0.6) is 0 Å². The van der Waals surface area contributed by atoms with E-state index >= 15 is 0 Å². The molecule has 1 aliphatic rings. The smallest absolute Gasteiger partial charge is 0.346 e. The molecule has 0 spiro atoms. The number of fused-ring (bicyclic) bond motifs is 1. The summed E-state index contributed by atoms with van der Waals surface area (Å²) in [5, 5.41) is 0. The summed E-state index contributed by atoms with van der Waals surface area (Å²) in [5.74, 6) is -1.10. The molecule has 1 aliphatic heterocycles. The highest BCUT2D eigenvalue weighted by Crippen LogP contribution is 2.18. The highest BCUT2D eigenvalue weighted by molar-refractivity contribution is 6.14. The molecule has 0 fully saturated rings. The van der Waals surface area contributed by atoms with Crippen molar-refractivity contribution in [2.75, 3.05) is 0 Å². The maximum absolute atomic E-state index is 10.8. The van der Waals surface area contributed by atoms with Gasteiger partial charge < -0.3 is 4.74 Å². The molecule has 0 saturated heterocycles. The Morgan fingerprint density at radius 1 is 0.588 bits per heavy atom. The van der Waals surface area contributed by atoms with Crippen molar-refractivity contribution in [1.82, 2.24) is 0 Å². The molecule has 0 aliphatic carbocycles. The summed E-state index contributed by atoms with van der Waals surface area (Å²) in [5.41, 5.74) is 0.718. The topological polar surface area (TPSA) is 43.4 Å². The predicted molar refractivity (Wildman–Crippen MR) is 62.6 cm³/mol. The summed E-state index contributed by atoms with van der Waals surface area (Å²) >= 11 is 0. The third-order valence-corrected chi connectivity index (χ3v) is 2.22. The van der Waals surface area contributed by atoms with Gasteiger partial charge in [-0.05, 0) is 12.1 Å². The maximum atomic E-state index is 10.8. The first-order valence-electron chi connectivity index (χ1n) is 5.14. The molecule has 1 heterocycles. The van der Waals surface area contributed by atoms with Crippen molar-refractivity contribution in [1.29, 1.82) is 0 Å². The van der Waals surface area contributed by atoms with E-state index in [-0.39, 0.29) is 0 Å². The average Bonchev–Trinajstić information content (AvgIpc) is 2.69. The van der Waals surface area contributed by atoms with Crippen LogP contribution < -0.4 is 0 Å². The Hall–Kier alpha value is -2.42. The zero-order valence-electron chi connectivity index (χ0n) is 9.00. The van der Waals surface area contributed by atoms with Crippen LogP contribution in [-0.2, 0) is 4.74 Å².